The van der Waals surface area contributed by atoms with Crippen LogP contribution in [0, 0.1) is 0 Å². The number of ether oxygens (including phenoxy) is 2. The number of thiophene rings is 1. The Hall–Kier alpha value is -1.89. The molecule has 1 saturated heterocycles. The second kappa shape index (κ2) is 5.62. The summed E-state index contributed by atoms with van der Waals surface area (Å²) in [7, 11) is 0. The number of carbonyl (C=O) groups excluding carboxylic acids is 1. The standard InChI is InChI=1S/C14H14N2O3S/c15-11-5-8-20-12(11)13(17)16-10-3-1-9(2-4-10)14-18-6-7-19-14/h1-5,8,14H,6-7,15H2,(H,16,17). The van der Waals surface area contributed by atoms with Crippen LogP contribution in [-0.2, 0) is 9.47 Å². The maximum absolute atomic E-state index is 12.0. The lowest BCUT2D eigenvalue weighted by Crippen LogP contribution is -2.12. The van der Waals surface area contributed by atoms with Crippen LogP contribution in [-0.4, -0.2) is 19.1 Å². The summed E-state index contributed by atoms with van der Waals surface area (Å²) in [4.78, 5) is 12.5. The normalized spacial score (nSPS) is 15.4. The Morgan fingerprint density at radius 3 is 2.50 bits per heavy atom. The van der Waals surface area contributed by atoms with Crippen molar-refractivity contribution in [1.82, 2.24) is 0 Å². The monoisotopic (exact) mass is 290 g/mol. The van der Waals surface area contributed by atoms with Crippen molar-refractivity contribution in [2.75, 3.05) is 24.3 Å². The van der Waals surface area contributed by atoms with Crippen molar-refractivity contribution in [3.63, 3.8) is 0 Å². The van der Waals surface area contributed by atoms with Gasteiger partial charge in [-0.05, 0) is 23.6 Å². The van der Waals surface area contributed by atoms with Gasteiger partial charge < -0.3 is 20.5 Å². The van der Waals surface area contributed by atoms with E-state index in [9.17, 15) is 4.79 Å². The molecule has 3 N–H and O–H groups in total. The summed E-state index contributed by atoms with van der Waals surface area (Å²) in [5, 5.41) is 4.61. The number of nitrogens with one attached hydrogen (secondary N) is 1. The zero-order chi connectivity index (χ0) is 13.9. The van der Waals surface area contributed by atoms with Crippen LogP contribution >= 0.6 is 11.3 Å². The number of nitrogens with two attached hydrogens (primary N) is 1. The molecule has 0 aliphatic carbocycles. The van der Waals surface area contributed by atoms with E-state index in [4.69, 9.17) is 15.2 Å². The first-order valence-corrected chi connectivity index (χ1v) is 7.09. The highest BCUT2D eigenvalue weighted by Gasteiger charge is 2.18. The second-order valence-electron chi connectivity index (χ2n) is 4.35. The fraction of sp³-hybridized carbons (Fsp3) is 0.214. The topological polar surface area (TPSA) is 73.6 Å². The van der Waals surface area contributed by atoms with Crippen LogP contribution in [0.4, 0.5) is 11.4 Å². The molecule has 104 valence electrons. The number of benzene rings is 1. The molecule has 0 saturated carbocycles. The molecule has 1 amide bonds. The highest BCUT2D eigenvalue weighted by Crippen LogP contribution is 2.25. The lowest BCUT2D eigenvalue weighted by molar-refractivity contribution is -0.0441. The predicted molar refractivity (Wildman–Crippen MR) is 77.8 cm³/mol. The average Bonchev–Trinajstić information content (AvgIpc) is 3.10. The largest absolute Gasteiger partial charge is 0.397 e. The van der Waals surface area contributed by atoms with Crippen LogP contribution in [0.3, 0.4) is 0 Å². The predicted octanol–water partition coefficient (Wildman–Crippen LogP) is 2.63. The van der Waals surface area contributed by atoms with Gasteiger partial charge in [-0.1, -0.05) is 12.1 Å². The Bertz CT molecular complexity index is 603. The lowest BCUT2D eigenvalue weighted by atomic mass is 10.2. The van der Waals surface area contributed by atoms with Crippen molar-refractivity contribution in [3.05, 3.63) is 46.2 Å². The van der Waals surface area contributed by atoms with Gasteiger partial charge in [-0.2, -0.15) is 0 Å². The molecule has 6 heteroatoms. The molecule has 1 aliphatic rings. The fourth-order valence-electron chi connectivity index (χ4n) is 1.97. The van der Waals surface area contributed by atoms with Crippen LogP contribution in [0.5, 0.6) is 0 Å². The summed E-state index contributed by atoms with van der Waals surface area (Å²) in [6.45, 7) is 1.22. The highest BCUT2D eigenvalue weighted by molar-refractivity contribution is 7.12. The third-order valence-electron chi connectivity index (χ3n) is 2.96. The van der Waals surface area contributed by atoms with Crippen LogP contribution < -0.4 is 11.1 Å². The quantitative estimate of drug-likeness (QED) is 0.911. The van der Waals surface area contributed by atoms with E-state index in [1.165, 1.54) is 11.3 Å². The summed E-state index contributed by atoms with van der Waals surface area (Å²) in [6.07, 6.45) is -0.298. The van der Waals surface area contributed by atoms with Gasteiger partial charge in [0.2, 0.25) is 0 Å². The Balaban J connectivity index is 1.69. The fourth-order valence-corrected chi connectivity index (χ4v) is 2.68. The number of amides is 1. The Morgan fingerprint density at radius 2 is 1.90 bits per heavy atom. The molecular formula is C14H14N2O3S. The molecule has 0 spiro atoms. The molecular weight excluding hydrogens is 276 g/mol. The zero-order valence-corrected chi connectivity index (χ0v) is 11.5. The molecule has 1 fully saturated rings. The smallest absolute Gasteiger partial charge is 0.267 e. The third-order valence-corrected chi connectivity index (χ3v) is 3.89. The molecule has 5 nitrogen and oxygen atoms in total. The van der Waals surface area contributed by atoms with Gasteiger partial charge in [0.15, 0.2) is 6.29 Å². The minimum Gasteiger partial charge on any atom is -0.397 e. The third kappa shape index (κ3) is 2.67. The first kappa shape index (κ1) is 13.1. The SMILES string of the molecule is Nc1ccsc1C(=O)Nc1ccc(C2OCCO2)cc1. The van der Waals surface area contributed by atoms with Crippen molar-refractivity contribution in [2.45, 2.75) is 6.29 Å². The molecule has 1 aromatic carbocycles. The van der Waals surface area contributed by atoms with Crippen molar-refractivity contribution in [1.29, 1.82) is 0 Å². The van der Waals surface area contributed by atoms with Crippen molar-refractivity contribution < 1.29 is 14.3 Å². The van der Waals surface area contributed by atoms with Gasteiger partial charge in [0.05, 0.1) is 18.9 Å². The number of anilines is 2. The van der Waals surface area contributed by atoms with Crippen LogP contribution in [0.25, 0.3) is 0 Å². The van der Waals surface area contributed by atoms with Crippen LogP contribution in [0.2, 0.25) is 0 Å². The van der Waals surface area contributed by atoms with Gasteiger partial charge in [-0.25, -0.2) is 0 Å². The van der Waals surface area contributed by atoms with E-state index in [1.807, 2.05) is 24.3 Å². The summed E-state index contributed by atoms with van der Waals surface area (Å²) < 4.78 is 10.8. The molecule has 20 heavy (non-hydrogen) atoms. The Morgan fingerprint density at radius 1 is 1.20 bits per heavy atom. The Labute approximate surface area is 120 Å². The summed E-state index contributed by atoms with van der Waals surface area (Å²) >= 11 is 1.32. The molecule has 0 bridgehead atoms. The zero-order valence-electron chi connectivity index (χ0n) is 10.7. The highest BCUT2D eigenvalue weighted by atomic mass is 32.1. The molecule has 1 aromatic heterocycles. The van der Waals surface area contributed by atoms with E-state index >= 15 is 0 Å². The maximum Gasteiger partial charge on any atom is 0.267 e. The van der Waals surface area contributed by atoms with E-state index < -0.39 is 0 Å². The number of hydrogen-bond acceptors (Lipinski definition) is 5. The summed E-state index contributed by atoms with van der Waals surface area (Å²) in [6, 6.07) is 9.12. The maximum atomic E-state index is 12.0. The number of carbonyl (C=O) groups is 1. The van der Waals surface area contributed by atoms with E-state index in [2.05, 4.69) is 5.32 Å². The van der Waals surface area contributed by atoms with Crippen molar-refractivity contribution >= 4 is 28.6 Å². The summed E-state index contributed by atoms with van der Waals surface area (Å²) in [5.41, 5.74) is 7.87. The molecule has 2 heterocycles. The average molecular weight is 290 g/mol. The molecule has 0 atom stereocenters. The first-order valence-electron chi connectivity index (χ1n) is 6.21. The van der Waals surface area contributed by atoms with Gasteiger partial charge in [-0.15, -0.1) is 11.3 Å². The lowest BCUT2D eigenvalue weighted by Gasteiger charge is -2.10. The van der Waals surface area contributed by atoms with Gasteiger partial charge in [0.25, 0.3) is 5.91 Å². The molecule has 3 rings (SSSR count). The van der Waals surface area contributed by atoms with Gasteiger partial charge in [0.1, 0.15) is 4.88 Å². The second-order valence-corrected chi connectivity index (χ2v) is 5.27. The van der Waals surface area contributed by atoms with Crippen molar-refractivity contribution in [2.24, 2.45) is 0 Å². The van der Waals surface area contributed by atoms with E-state index in [1.54, 1.807) is 11.4 Å². The molecule has 0 radical (unpaired) electrons. The van der Waals surface area contributed by atoms with Crippen LogP contribution in [0.15, 0.2) is 35.7 Å². The minimum absolute atomic E-state index is 0.196. The minimum atomic E-state index is -0.298. The van der Waals surface area contributed by atoms with E-state index in [-0.39, 0.29) is 12.2 Å². The summed E-state index contributed by atoms with van der Waals surface area (Å²) in [5.74, 6) is -0.196. The molecule has 0 unspecified atom stereocenters. The Kier molecular flexibility index (Phi) is 3.68. The van der Waals surface area contributed by atoms with Gasteiger partial charge in [-0.3, -0.25) is 4.79 Å². The number of hydrogen-bond donors (Lipinski definition) is 2. The van der Waals surface area contributed by atoms with Crippen molar-refractivity contribution in [3.8, 4) is 0 Å². The molecule has 2 aromatic rings. The number of rotatable bonds is 3. The first-order chi connectivity index (χ1) is 9.74. The van der Waals surface area contributed by atoms with E-state index in [0.717, 1.165) is 5.56 Å². The van der Waals surface area contributed by atoms with Gasteiger partial charge >= 0.3 is 0 Å². The van der Waals surface area contributed by atoms with E-state index in [0.29, 0.717) is 29.5 Å². The number of nitrogen functional groups attached to an aromatic ring is 1. The van der Waals surface area contributed by atoms with Crippen LogP contribution in [0.1, 0.15) is 21.5 Å². The van der Waals surface area contributed by atoms with Gasteiger partial charge in [0, 0.05) is 11.3 Å². The molecule has 1 aliphatic heterocycles.